The van der Waals surface area contributed by atoms with Gasteiger partial charge in [-0.15, -0.1) is 0 Å². The lowest BCUT2D eigenvalue weighted by Gasteiger charge is -2.26. The van der Waals surface area contributed by atoms with E-state index in [-0.39, 0.29) is 19.1 Å². The van der Waals surface area contributed by atoms with Gasteiger partial charge in [-0.25, -0.2) is 4.57 Å². The number of amides is 1. The predicted molar refractivity (Wildman–Crippen MR) is 355 cm³/mol. The number of quaternary nitrogens is 1. The Morgan fingerprint density at radius 3 is 1.04 bits per heavy atom. The Balaban J connectivity index is 4.20. The van der Waals surface area contributed by atoms with Crippen LogP contribution in [0.2, 0.25) is 0 Å². The molecule has 3 unspecified atom stereocenters. The summed E-state index contributed by atoms with van der Waals surface area (Å²) >= 11 is 0. The standard InChI is InChI=1S/C72H129N2O6P/c1-6-8-10-12-14-16-18-20-22-24-26-28-30-32-34-36-38-39-41-43-45-47-49-51-53-55-57-59-61-63-65-71(75)70(69-80-81(77,78)79-68-67-74(3,4)5)73-72(76)66-64-62-60-58-56-54-52-50-48-46-44-42-40-37-35-33-31-29-27-25-23-21-19-17-15-13-11-9-7-2/h9,11,15,17,21,23,27,29,33,35,40,42,46,48,52,54,58,60,70-71,75H,6-8,10,12-14,16,18-20,22,24-26,28,30-32,34,36-39,41,43-45,47,49-51,53,55-57,59,61-69H2,1-5H3,(H-,73,76,77,78)/p+1/b11-9-,17-15-,23-21-,29-27-,35-33-,42-40-,48-46-,54-52-,60-58-. The molecule has 0 rings (SSSR count). The molecular formula is C72H130N2O6P+. The predicted octanol–water partition coefficient (Wildman–Crippen LogP) is 21.5. The zero-order chi connectivity index (χ0) is 59.1. The van der Waals surface area contributed by atoms with Crippen molar-refractivity contribution in [3.63, 3.8) is 0 Å². The number of unbranched alkanes of at least 4 members (excludes halogenated alkanes) is 30. The van der Waals surface area contributed by atoms with E-state index in [0.717, 1.165) is 83.5 Å². The SMILES string of the molecule is CC/C=C\C/C=C\C/C=C\C/C=C\C/C=C\C/C=C\C/C=C\C/C=C\C/C=C\CCCC(=O)NC(COP(=O)(O)OCC[N+](C)(C)C)C(O)CCCCCCCCCCCCCCCCCCCCCCCCCCCCCCCC. The summed E-state index contributed by atoms with van der Waals surface area (Å²) in [7, 11) is 1.57. The zero-order valence-electron chi connectivity index (χ0n) is 53.5. The first kappa shape index (κ1) is 78.2. The van der Waals surface area contributed by atoms with E-state index < -0.39 is 20.0 Å². The van der Waals surface area contributed by atoms with Gasteiger partial charge >= 0.3 is 7.82 Å². The third-order valence-electron chi connectivity index (χ3n) is 14.8. The van der Waals surface area contributed by atoms with Gasteiger partial charge in [0.25, 0.3) is 0 Å². The first-order valence-corrected chi connectivity index (χ1v) is 35.2. The van der Waals surface area contributed by atoms with Crippen LogP contribution in [-0.2, 0) is 18.4 Å². The maximum atomic E-state index is 13.0. The van der Waals surface area contributed by atoms with Crippen molar-refractivity contribution in [1.82, 2.24) is 5.32 Å². The molecule has 3 atom stereocenters. The second kappa shape index (κ2) is 61.7. The molecule has 0 aliphatic carbocycles. The highest BCUT2D eigenvalue weighted by molar-refractivity contribution is 7.47. The molecule has 0 fully saturated rings. The number of likely N-dealkylation sites (N-methyl/N-ethyl adjacent to an activating group) is 1. The number of aliphatic hydroxyl groups is 1. The average molecular weight is 1150 g/mol. The van der Waals surface area contributed by atoms with Crippen molar-refractivity contribution in [2.24, 2.45) is 0 Å². The number of carbonyl (C=O) groups is 1. The van der Waals surface area contributed by atoms with Crippen LogP contribution in [0.4, 0.5) is 0 Å². The Bertz CT molecular complexity index is 1690. The van der Waals surface area contributed by atoms with Gasteiger partial charge in [0.2, 0.25) is 5.91 Å². The molecule has 0 heterocycles. The van der Waals surface area contributed by atoms with Crippen molar-refractivity contribution < 1.29 is 32.9 Å². The molecule has 3 N–H and O–H groups in total. The number of allylic oxidation sites excluding steroid dienone is 18. The highest BCUT2D eigenvalue weighted by atomic mass is 31.2. The smallest absolute Gasteiger partial charge is 0.391 e. The number of nitrogens with zero attached hydrogens (tertiary/aromatic N) is 1. The Morgan fingerprint density at radius 1 is 0.432 bits per heavy atom. The van der Waals surface area contributed by atoms with E-state index in [1.165, 1.54) is 173 Å². The normalized spacial score (nSPS) is 14.4. The van der Waals surface area contributed by atoms with Gasteiger partial charge in [0.15, 0.2) is 0 Å². The Hall–Kier alpha value is -2.84. The molecule has 0 aromatic carbocycles. The van der Waals surface area contributed by atoms with Gasteiger partial charge in [0, 0.05) is 6.42 Å². The number of carbonyl (C=O) groups excluding carboxylic acids is 1. The second-order valence-corrected chi connectivity index (χ2v) is 25.3. The van der Waals surface area contributed by atoms with E-state index in [1.807, 2.05) is 21.1 Å². The number of nitrogens with one attached hydrogen (secondary N) is 1. The van der Waals surface area contributed by atoms with Crippen LogP contribution >= 0.6 is 7.82 Å². The maximum absolute atomic E-state index is 13.0. The van der Waals surface area contributed by atoms with Crippen molar-refractivity contribution >= 4 is 13.7 Å². The fourth-order valence-corrected chi connectivity index (χ4v) is 10.3. The molecular weight excluding hydrogens is 1020 g/mol. The molecule has 0 saturated carbocycles. The Labute approximate surface area is 501 Å². The maximum Gasteiger partial charge on any atom is 0.472 e. The van der Waals surface area contributed by atoms with Crippen LogP contribution in [0.1, 0.15) is 290 Å². The molecule has 0 saturated heterocycles. The summed E-state index contributed by atoms with van der Waals surface area (Å²) in [5.41, 5.74) is 0. The van der Waals surface area contributed by atoms with Crippen LogP contribution in [0.5, 0.6) is 0 Å². The Kier molecular flexibility index (Phi) is 59.5. The minimum Gasteiger partial charge on any atom is -0.391 e. The van der Waals surface area contributed by atoms with E-state index in [0.29, 0.717) is 30.3 Å². The van der Waals surface area contributed by atoms with E-state index in [2.05, 4.69) is 129 Å². The number of hydrogen-bond acceptors (Lipinski definition) is 5. The minimum atomic E-state index is -4.35. The summed E-state index contributed by atoms with van der Waals surface area (Å²) in [4.78, 5) is 23.4. The zero-order valence-corrected chi connectivity index (χ0v) is 54.4. The van der Waals surface area contributed by atoms with Crippen molar-refractivity contribution in [1.29, 1.82) is 0 Å². The van der Waals surface area contributed by atoms with Gasteiger partial charge in [-0.05, 0) is 77.0 Å². The fraction of sp³-hybridized carbons (Fsp3) is 0.736. The third kappa shape index (κ3) is 64.6. The number of aliphatic hydroxyl groups excluding tert-OH is 1. The molecule has 9 heteroatoms. The quantitative estimate of drug-likeness (QED) is 0.0243. The van der Waals surface area contributed by atoms with Crippen molar-refractivity contribution in [3.8, 4) is 0 Å². The largest absolute Gasteiger partial charge is 0.472 e. The van der Waals surface area contributed by atoms with Gasteiger partial charge in [-0.2, -0.15) is 0 Å². The summed E-state index contributed by atoms with van der Waals surface area (Å²) in [6.45, 7) is 4.75. The molecule has 0 aliphatic rings. The van der Waals surface area contributed by atoms with E-state index in [9.17, 15) is 19.4 Å². The fourth-order valence-electron chi connectivity index (χ4n) is 9.58. The topological polar surface area (TPSA) is 105 Å². The monoisotopic (exact) mass is 1150 g/mol. The first-order valence-electron chi connectivity index (χ1n) is 33.8. The molecule has 8 nitrogen and oxygen atoms in total. The van der Waals surface area contributed by atoms with E-state index in [4.69, 9.17) is 9.05 Å². The summed E-state index contributed by atoms with van der Waals surface area (Å²) in [6, 6.07) is -0.802. The van der Waals surface area contributed by atoms with Crippen molar-refractivity contribution in [2.75, 3.05) is 40.9 Å². The van der Waals surface area contributed by atoms with Crippen LogP contribution in [0.15, 0.2) is 109 Å². The number of rotatable bonds is 61. The lowest BCUT2D eigenvalue weighted by molar-refractivity contribution is -0.870. The number of hydrogen-bond donors (Lipinski definition) is 3. The molecule has 468 valence electrons. The van der Waals surface area contributed by atoms with Crippen LogP contribution in [0, 0.1) is 0 Å². The second-order valence-electron chi connectivity index (χ2n) is 23.8. The lowest BCUT2D eigenvalue weighted by Crippen LogP contribution is -2.46. The molecule has 0 aromatic heterocycles. The van der Waals surface area contributed by atoms with Crippen LogP contribution < -0.4 is 5.32 Å². The van der Waals surface area contributed by atoms with Crippen LogP contribution in [0.25, 0.3) is 0 Å². The van der Waals surface area contributed by atoms with E-state index >= 15 is 0 Å². The lowest BCUT2D eigenvalue weighted by atomic mass is 10.0. The van der Waals surface area contributed by atoms with Gasteiger partial charge in [-0.3, -0.25) is 13.8 Å². The first-order chi connectivity index (χ1) is 39.5. The van der Waals surface area contributed by atoms with Crippen LogP contribution in [0.3, 0.4) is 0 Å². The molecule has 81 heavy (non-hydrogen) atoms. The Morgan fingerprint density at radius 2 is 0.728 bits per heavy atom. The van der Waals surface area contributed by atoms with Crippen molar-refractivity contribution in [3.05, 3.63) is 109 Å². The highest BCUT2D eigenvalue weighted by Gasteiger charge is 2.28. The molecule has 0 spiro atoms. The minimum absolute atomic E-state index is 0.0581. The molecule has 1 amide bonds. The summed E-state index contributed by atoms with van der Waals surface area (Å²) in [5.74, 6) is -0.203. The summed E-state index contributed by atoms with van der Waals surface area (Å²) < 4.78 is 23.8. The molecule has 0 aliphatic heterocycles. The van der Waals surface area contributed by atoms with Crippen LogP contribution in [-0.4, -0.2) is 73.4 Å². The number of phosphoric ester groups is 1. The summed E-state index contributed by atoms with van der Waals surface area (Å²) in [5, 5.41) is 14.1. The average Bonchev–Trinajstić information content (AvgIpc) is 3.43. The third-order valence-corrected chi connectivity index (χ3v) is 15.8. The summed E-state index contributed by atoms with van der Waals surface area (Å²) in [6.07, 6.45) is 90.5. The van der Waals surface area contributed by atoms with Gasteiger partial charge < -0.3 is 19.8 Å². The van der Waals surface area contributed by atoms with E-state index in [1.54, 1.807) is 0 Å². The van der Waals surface area contributed by atoms with Crippen molar-refractivity contribution in [2.45, 2.75) is 302 Å². The molecule has 0 aromatic rings. The van der Waals surface area contributed by atoms with Gasteiger partial charge in [0.1, 0.15) is 13.2 Å². The highest BCUT2D eigenvalue weighted by Crippen LogP contribution is 2.43. The number of phosphoric acid groups is 1. The van der Waals surface area contributed by atoms with Gasteiger partial charge in [-0.1, -0.05) is 316 Å². The molecule has 0 bridgehead atoms. The molecule has 0 radical (unpaired) electrons. The van der Waals surface area contributed by atoms with Gasteiger partial charge in [0.05, 0.1) is 39.9 Å².